The van der Waals surface area contributed by atoms with E-state index >= 15 is 0 Å². The molecular formula is C18H18N4O. The van der Waals surface area contributed by atoms with E-state index in [0.717, 1.165) is 45.4 Å². The molecule has 0 saturated heterocycles. The monoisotopic (exact) mass is 306 g/mol. The Balaban J connectivity index is 1.91. The number of rotatable bonds is 3. The van der Waals surface area contributed by atoms with E-state index in [2.05, 4.69) is 41.2 Å². The van der Waals surface area contributed by atoms with E-state index in [-0.39, 0.29) is 6.61 Å². The zero-order chi connectivity index (χ0) is 16.0. The van der Waals surface area contributed by atoms with Crippen molar-refractivity contribution in [1.29, 1.82) is 0 Å². The first-order valence-corrected chi connectivity index (χ1v) is 7.77. The molecular weight excluding hydrogens is 288 g/mol. The lowest BCUT2D eigenvalue weighted by atomic mass is 10.1. The molecule has 0 saturated carbocycles. The standard InChI is InChI=1S/C18H18N4O/c1-3-12-8-16-15(6-10(12)2)19-18(20-16)17-13-7-11(9-23)4-5-14(13)21-22-17/h4-8,23H,3,9H2,1-2H3,(H,19,20)(H,21,22). The van der Waals surface area contributed by atoms with Gasteiger partial charge in [-0.2, -0.15) is 5.10 Å². The summed E-state index contributed by atoms with van der Waals surface area (Å²) < 4.78 is 0. The Hall–Kier alpha value is -2.66. The number of fused-ring (bicyclic) bond motifs is 2. The Kier molecular flexibility index (Phi) is 3.16. The van der Waals surface area contributed by atoms with Crippen LogP contribution in [0.5, 0.6) is 0 Å². The number of nitrogens with zero attached hydrogens (tertiary/aromatic N) is 2. The number of H-pyrrole nitrogens is 2. The van der Waals surface area contributed by atoms with Gasteiger partial charge in [0.05, 0.1) is 23.2 Å². The van der Waals surface area contributed by atoms with Gasteiger partial charge in [-0.25, -0.2) is 4.98 Å². The van der Waals surface area contributed by atoms with Crippen molar-refractivity contribution in [3.8, 4) is 11.5 Å². The Bertz CT molecular complexity index is 1010. The zero-order valence-corrected chi connectivity index (χ0v) is 13.1. The van der Waals surface area contributed by atoms with Crippen molar-refractivity contribution in [1.82, 2.24) is 20.2 Å². The van der Waals surface area contributed by atoms with Gasteiger partial charge in [0.25, 0.3) is 0 Å². The molecule has 0 spiro atoms. The maximum Gasteiger partial charge on any atom is 0.159 e. The van der Waals surface area contributed by atoms with Gasteiger partial charge in [0, 0.05) is 5.39 Å². The molecule has 4 rings (SSSR count). The fraction of sp³-hybridized carbons (Fsp3) is 0.222. The minimum atomic E-state index is 0.0136. The molecule has 0 aliphatic heterocycles. The van der Waals surface area contributed by atoms with E-state index < -0.39 is 0 Å². The second-order valence-electron chi connectivity index (χ2n) is 5.85. The summed E-state index contributed by atoms with van der Waals surface area (Å²) in [4.78, 5) is 8.07. The summed E-state index contributed by atoms with van der Waals surface area (Å²) in [5.41, 5.74) is 7.13. The van der Waals surface area contributed by atoms with E-state index in [1.807, 2.05) is 18.2 Å². The van der Waals surface area contributed by atoms with Crippen LogP contribution in [0.1, 0.15) is 23.6 Å². The maximum atomic E-state index is 9.34. The summed E-state index contributed by atoms with van der Waals surface area (Å²) in [5.74, 6) is 0.744. The van der Waals surface area contributed by atoms with Crippen molar-refractivity contribution in [2.45, 2.75) is 26.9 Å². The summed E-state index contributed by atoms with van der Waals surface area (Å²) >= 11 is 0. The van der Waals surface area contributed by atoms with Crippen molar-refractivity contribution in [2.75, 3.05) is 0 Å². The molecule has 116 valence electrons. The summed E-state index contributed by atoms with van der Waals surface area (Å²) in [7, 11) is 0. The molecule has 0 aliphatic carbocycles. The first-order valence-electron chi connectivity index (χ1n) is 7.77. The van der Waals surface area contributed by atoms with Crippen LogP contribution in [0, 0.1) is 6.92 Å². The quantitative estimate of drug-likeness (QED) is 0.542. The van der Waals surface area contributed by atoms with E-state index in [4.69, 9.17) is 4.98 Å². The van der Waals surface area contributed by atoms with Gasteiger partial charge in [-0.1, -0.05) is 13.0 Å². The highest BCUT2D eigenvalue weighted by atomic mass is 16.3. The zero-order valence-electron chi connectivity index (χ0n) is 13.1. The second kappa shape index (κ2) is 5.21. The average Bonchev–Trinajstić information content (AvgIpc) is 3.16. The SMILES string of the molecule is CCc1cc2nc(-c3n[nH]c4ccc(CO)cc34)[nH]c2cc1C. The number of benzene rings is 2. The Labute approximate surface area is 133 Å². The van der Waals surface area contributed by atoms with E-state index in [1.165, 1.54) is 11.1 Å². The van der Waals surface area contributed by atoms with Crippen molar-refractivity contribution in [3.05, 3.63) is 47.0 Å². The Morgan fingerprint density at radius 1 is 1.13 bits per heavy atom. The third kappa shape index (κ3) is 2.21. The fourth-order valence-corrected chi connectivity index (χ4v) is 3.04. The topological polar surface area (TPSA) is 77.6 Å². The van der Waals surface area contributed by atoms with Crippen LogP contribution in [-0.2, 0) is 13.0 Å². The van der Waals surface area contributed by atoms with Gasteiger partial charge in [0.15, 0.2) is 5.82 Å². The van der Waals surface area contributed by atoms with Gasteiger partial charge in [0.1, 0.15) is 5.69 Å². The number of hydrogen-bond acceptors (Lipinski definition) is 3. The number of aryl methyl sites for hydroxylation is 2. The minimum Gasteiger partial charge on any atom is -0.392 e. The van der Waals surface area contributed by atoms with Crippen molar-refractivity contribution >= 4 is 21.9 Å². The molecule has 0 amide bonds. The summed E-state index contributed by atoms with van der Waals surface area (Å²) in [6.07, 6.45) is 0.995. The van der Waals surface area contributed by atoms with Crippen molar-refractivity contribution in [2.24, 2.45) is 0 Å². The molecule has 0 unspecified atom stereocenters. The van der Waals surface area contributed by atoms with E-state index in [1.54, 1.807) is 0 Å². The number of aliphatic hydroxyl groups is 1. The molecule has 0 atom stereocenters. The van der Waals surface area contributed by atoms with Crippen LogP contribution in [0.2, 0.25) is 0 Å². The highest BCUT2D eigenvalue weighted by Crippen LogP contribution is 2.28. The first kappa shape index (κ1) is 14.0. The lowest BCUT2D eigenvalue weighted by Crippen LogP contribution is -1.85. The van der Waals surface area contributed by atoms with Gasteiger partial charge in [-0.05, 0) is 54.3 Å². The molecule has 0 radical (unpaired) electrons. The smallest absolute Gasteiger partial charge is 0.159 e. The number of imidazole rings is 1. The lowest BCUT2D eigenvalue weighted by molar-refractivity contribution is 0.282. The van der Waals surface area contributed by atoms with Crippen LogP contribution in [-0.4, -0.2) is 25.3 Å². The molecule has 23 heavy (non-hydrogen) atoms. The van der Waals surface area contributed by atoms with Crippen molar-refractivity contribution in [3.63, 3.8) is 0 Å². The van der Waals surface area contributed by atoms with Crippen LogP contribution in [0.15, 0.2) is 30.3 Å². The Morgan fingerprint density at radius 2 is 2.00 bits per heavy atom. The van der Waals surface area contributed by atoms with Crippen LogP contribution in [0.3, 0.4) is 0 Å². The summed E-state index contributed by atoms with van der Waals surface area (Å²) in [6, 6.07) is 10.0. The van der Waals surface area contributed by atoms with Gasteiger partial charge in [0.2, 0.25) is 0 Å². The molecule has 2 aromatic heterocycles. The van der Waals surface area contributed by atoms with Gasteiger partial charge in [-0.15, -0.1) is 0 Å². The molecule has 5 heteroatoms. The van der Waals surface area contributed by atoms with E-state index in [9.17, 15) is 5.11 Å². The number of aromatic nitrogens is 4. The second-order valence-corrected chi connectivity index (χ2v) is 5.85. The van der Waals surface area contributed by atoms with Crippen LogP contribution >= 0.6 is 0 Å². The van der Waals surface area contributed by atoms with Gasteiger partial charge in [-0.3, -0.25) is 5.10 Å². The lowest BCUT2D eigenvalue weighted by Gasteiger charge is -2.01. The third-order valence-corrected chi connectivity index (χ3v) is 4.35. The van der Waals surface area contributed by atoms with Gasteiger partial charge >= 0.3 is 0 Å². The molecule has 0 fully saturated rings. The molecule has 3 N–H and O–H groups in total. The molecule has 2 aromatic carbocycles. The highest BCUT2D eigenvalue weighted by molar-refractivity contribution is 5.93. The van der Waals surface area contributed by atoms with Crippen molar-refractivity contribution < 1.29 is 5.11 Å². The first-order chi connectivity index (χ1) is 11.2. The normalized spacial score (nSPS) is 11.6. The predicted molar refractivity (Wildman–Crippen MR) is 91.2 cm³/mol. The number of aromatic amines is 2. The Morgan fingerprint density at radius 3 is 2.78 bits per heavy atom. The summed E-state index contributed by atoms with van der Waals surface area (Å²) in [5, 5.41) is 17.7. The van der Waals surface area contributed by atoms with Crippen LogP contribution in [0.4, 0.5) is 0 Å². The number of nitrogens with one attached hydrogen (secondary N) is 2. The van der Waals surface area contributed by atoms with Gasteiger partial charge < -0.3 is 10.1 Å². The average molecular weight is 306 g/mol. The highest BCUT2D eigenvalue weighted by Gasteiger charge is 2.13. The fourth-order valence-electron chi connectivity index (χ4n) is 3.04. The van der Waals surface area contributed by atoms with Crippen LogP contribution in [0.25, 0.3) is 33.5 Å². The summed E-state index contributed by atoms with van der Waals surface area (Å²) in [6.45, 7) is 4.29. The predicted octanol–water partition coefficient (Wildman–Crippen LogP) is 3.47. The molecule has 0 bridgehead atoms. The third-order valence-electron chi connectivity index (χ3n) is 4.35. The molecule has 4 aromatic rings. The minimum absolute atomic E-state index is 0.0136. The van der Waals surface area contributed by atoms with E-state index in [0.29, 0.717) is 0 Å². The number of aliphatic hydroxyl groups excluding tert-OH is 1. The van der Waals surface area contributed by atoms with Crippen LogP contribution < -0.4 is 0 Å². The number of hydrogen-bond donors (Lipinski definition) is 3. The largest absolute Gasteiger partial charge is 0.392 e. The maximum absolute atomic E-state index is 9.34. The molecule has 0 aliphatic rings. The molecule has 5 nitrogen and oxygen atoms in total. The molecule has 2 heterocycles.